The highest BCUT2D eigenvalue weighted by molar-refractivity contribution is 7.80. The summed E-state index contributed by atoms with van der Waals surface area (Å²) in [6, 6.07) is 1.96. The standard InChI is InChI=1S/C15H24N4S/c1-11-5-6-17-14(12(11)13(16)20)18-7-9-19(10-8-18)15(2,3)4/h5-6H,7-10H2,1-4H3,(H2,16,20). The smallest absolute Gasteiger partial charge is 0.139 e. The molecule has 1 saturated heterocycles. The number of thiocarbonyl (C=S) groups is 1. The van der Waals surface area contributed by atoms with Gasteiger partial charge < -0.3 is 10.6 Å². The molecule has 2 N–H and O–H groups in total. The highest BCUT2D eigenvalue weighted by Gasteiger charge is 2.27. The second-order valence-electron chi connectivity index (χ2n) is 6.34. The van der Waals surface area contributed by atoms with E-state index in [-0.39, 0.29) is 5.54 Å². The maximum absolute atomic E-state index is 5.87. The predicted molar refractivity (Wildman–Crippen MR) is 88.4 cm³/mol. The Bertz CT molecular complexity index is 499. The molecule has 1 fully saturated rings. The first kappa shape index (κ1) is 15.2. The summed E-state index contributed by atoms with van der Waals surface area (Å²) in [6.07, 6.45) is 1.84. The largest absolute Gasteiger partial charge is 0.389 e. The van der Waals surface area contributed by atoms with Crippen molar-refractivity contribution in [1.29, 1.82) is 0 Å². The van der Waals surface area contributed by atoms with Crippen LogP contribution in [0.25, 0.3) is 0 Å². The van der Waals surface area contributed by atoms with Crippen LogP contribution in [0.5, 0.6) is 0 Å². The first-order chi connectivity index (χ1) is 9.30. The molecule has 5 heteroatoms. The molecule has 1 aliphatic rings. The Labute approximate surface area is 127 Å². The van der Waals surface area contributed by atoms with Crippen LogP contribution < -0.4 is 10.6 Å². The molecule has 0 bridgehead atoms. The van der Waals surface area contributed by atoms with Crippen molar-refractivity contribution in [3.8, 4) is 0 Å². The molecule has 2 rings (SSSR count). The third-order valence-corrected chi connectivity index (χ3v) is 4.12. The van der Waals surface area contributed by atoms with Crippen molar-refractivity contribution >= 4 is 23.0 Å². The van der Waals surface area contributed by atoms with Crippen molar-refractivity contribution in [2.24, 2.45) is 5.73 Å². The van der Waals surface area contributed by atoms with Crippen molar-refractivity contribution in [3.63, 3.8) is 0 Å². The second kappa shape index (κ2) is 5.66. The lowest BCUT2D eigenvalue weighted by Gasteiger charge is -2.43. The van der Waals surface area contributed by atoms with Gasteiger partial charge in [-0.25, -0.2) is 4.98 Å². The Morgan fingerprint density at radius 3 is 2.35 bits per heavy atom. The molecular weight excluding hydrogens is 268 g/mol. The third-order valence-electron chi connectivity index (χ3n) is 3.91. The molecular formula is C15H24N4S. The molecule has 0 saturated carbocycles. The Morgan fingerprint density at radius 1 is 1.25 bits per heavy atom. The molecule has 0 amide bonds. The molecule has 0 radical (unpaired) electrons. The van der Waals surface area contributed by atoms with Gasteiger partial charge in [0.25, 0.3) is 0 Å². The van der Waals surface area contributed by atoms with Gasteiger partial charge in [0.1, 0.15) is 10.8 Å². The zero-order chi connectivity index (χ0) is 14.9. The first-order valence-corrected chi connectivity index (χ1v) is 7.47. The first-order valence-electron chi connectivity index (χ1n) is 7.06. The van der Waals surface area contributed by atoms with Gasteiger partial charge in [-0.3, -0.25) is 4.90 Å². The fourth-order valence-electron chi connectivity index (χ4n) is 2.68. The summed E-state index contributed by atoms with van der Waals surface area (Å²) in [5.74, 6) is 0.936. The molecule has 1 aromatic heterocycles. The van der Waals surface area contributed by atoms with Gasteiger partial charge in [-0.2, -0.15) is 0 Å². The summed E-state index contributed by atoms with van der Waals surface area (Å²) < 4.78 is 0. The van der Waals surface area contributed by atoms with Gasteiger partial charge in [0.15, 0.2) is 0 Å². The molecule has 0 atom stereocenters. The number of pyridine rings is 1. The van der Waals surface area contributed by atoms with E-state index in [1.54, 1.807) is 0 Å². The number of rotatable bonds is 2. The molecule has 1 aromatic rings. The highest BCUT2D eigenvalue weighted by Crippen LogP contribution is 2.24. The molecule has 110 valence electrons. The van der Waals surface area contributed by atoms with Crippen LogP contribution in [0.15, 0.2) is 12.3 Å². The topological polar surface area (TPSA) is 45.4 Å². The van der Waals surface area contributed by atoms with Crippen molar-refractivity contribution in [2.45, 2.75) is 33.2 Å². The lowest BCUT2D eigenvalue weighted by molar-refractivity contribution is 0.128. The van der Waals surface area contributed by atoms with Crippen LogP contribution in [0.1, 0.15) is 31.9 Å². The average molecular weight is 292 g/mol. The fourth-order valence-corrected chi connectivity index (χ4v) is 2.93. The van der Waals surface area contributed by atoms with E-state index in [1.807, 2.05) is 19.2 Å². The summed E-state index contributed by atoms with van der Waals surface area (Å²) in [7, 11) is 0. The number of aromatic nitrogens is 1. The Morgan fingerprint density at radius 2 is 1.85 bits per heavy atom. The molecule has 0 spiro atoms. The summed E-state index contributed by atoms with van der Waals surface area (Å²) in [5, 5.41) is 0. The Hall–Kier alpha value is -1.20. The van der Waals surface area contributed by atoms with E-state index >= 15 is 0 Å². The van der Waals surface area contributed by atoms with Gasteiger partial charge in [0, 0.05) is 37.9 Å². The van der Waals surface area contributed by atoms with Crippen molar-refractivity contribution in [3.05, 3.63) is 23.4 Å². The summed E-state index contributed by atoms with van der Waals surface area (Å²) >= 11 is 5.19. The molecule has 2 heterocycles. The van der Waals surface area contributed by atoms with E-state index < -0.39 is 0 Å². The molecule has 1 aliphatic heterocycles. The van der Waals surface area contributed by atoms with Crippen LogP contribution in [-0.2, 0) is 0 Å². The Balaban J connectivity index is 2.19. The van der Waals surface area contributed by atoms with Crippen LogP contribution in [0, 0.1) is 6.92 Å². The van der Waals surface area contributed by atoms with E-state index in [0.717, 1.165) is 43.1 Å². The number of piperazine rings is 1. The van der Waals surface area contributed by atoms with Gasteiger partial charge in [-0.1, -0.05) is 12.2 Å². The van der Waals surface area contributed by atoms with Crippen molar-refractivity contribution in [2.75, 3.05) is 31.1 Å². The van der Waals surface area contributed by atoms with Crippen molar-refractivity contribution < 1.29 is 0 Å². The third kappa shape index (κ3) is 3.10. The molecule has 0 aromatic carbocycles. The number of nitrogens with zero attached hydrogens (tertiary/aromatic N) is 3. The number of hydrogen-bond acceptors (Lipinski definition) is 4. The average Bonchev–Trinajstić information content (AvgIpc) is 2.37. The number of nitrogens with two attached hydrogens (primary N) is 1. The van der Waals surface area contributed by atoms with Gasteiger partial charge in [-0.15, -0.1) is 0 Å². The van der Waals surface area contributed by atoms with Gasteiger partial charge in [-0.05, 0) is 39.3 Å². The maximum atomic E-state index is 5.87. The SMILES string of the molecule is Cc1ccnc(N2CCN(C(C)(C)C)CC2)c1C(N)=S. The minimum absolute atomic E-state index is 0.220. The van der Waals surface area contributed by atoms with E-state index in [2.05, 4.69) is 35.6 Å². The summed E-state index contributed by atoms with van der Waals surface area (Å²) in [6.45, 7) is 12.8. The maximum Gasteiger partial charge on any atom is 0.139 e. The minimum atomic E-state index is 0.220. The molecule has 20 heavy (non-hydrogen) atoms. The normalized spacial score (nSPS) is 17.3. The minimum Gasteiger partial charge on any atom is -0.389 e. The van der Waals surface area contributed by atoms with Crippen LogP contribution in [0.4, 0.5) is 5.82 Å². The van der Waals surface area contributed by atoms with Crippen molar-refractivity contribution in [1.82, 2.24) is 9.88 Å². The van der Waals surface area contributed by atoms with E-state index in [1.165, 1.54) is 0 Å². The zero-order valence-electron chi connectivity index (χ0n) is 12.8. The summed E-state index contributed by atoms with van der Waals surface area (Å²) in [4.78, 5) is 9.74. The highest BCUT2D eigenvalue weighted by atomic mass is 32.1. The lowest BCUT2D eigenvalue weighted by Crippen LogP contribution is -2.53. The van der Waals surface area contributed by atoms with Gasteiger partial charge in [0.05, 0.1) is 5.56 Å². The van der Waals surface area contributed by atoms with Gasteiger partial charge >= 0.3 is 0 Å². The molecule has 4 nitrogen and oxygen atoms in total. The van der Waals surface area contributed by atoms with Crippen LogP contribution in [-0.4, -0.2) is 46.6 Å². The lowest BCUT2D eigenvalue weighted by atomic mass is 10.0. The summed E-state index contributed by atoms with van der Waals surface area (Å²) in [5.41, 5.74) is 8.11. The van der Waals surface area contributed by atoms with Crippen LogP contribution in [0.3, 0.4) is 0 Å². The fraction of sp³-hybridized carbons (Fsp3) is 0.600. The van der Waals surface area contributed by atoms with E-state index in [0.29, 0.717) is 4.99 Å². The number of anilines is 1. The van der Waals surface area contributed by atoms with Crippen LogP contribution in [0.2, 0.25) is 0 Å². The Kier molecular flexibility index (Phi) is 4.30. The zero-order valence-corrected chi connectivity index (χ0v) is 13.6. The number of aryl methyl sites for hydroxylation is 1. The second-order valence-corrected chi connectivity index (χ2v) is 6.78. The van der Waals surface area contributed by atoms with E-state index in [4.69, 9.17) is 18.0 Å². The van der Waals surface area contributed by atoms with E-state index in [9.17, 15) is 0 Å². The molecule has 0 aliphatic carbocycles. The quantitative estimate of drug-likeness (QED) is 0.844. The monoisotopic (exact) mass is 292 g/mol. The van der Waals surface area contributed by atoms with Gasteiger partial charge in [0.2, 0.25) is 0 Å². The molecule has 0 unspecified atom stereocenters. The van der Waals surface area contributed by atoms with Crippen LogP contribution >= 0.6 is 12.2 Å². The number of hydrogen-bond donors (Lipinski definition) is 1. The predicted octanol–water partition coefficient (Wildman–Crippen LogP) is 1.94.